The second kappa shape index (κ2) is 11.7. The van der Waals surface area contributed by atoms with Gasteiger partial charge in [0.25, 0.3) is 5.91 Å². The number of aromatic nitrogens is 2. The molecular formula is C27H34N4O4. The molecule has 35 heavy (non-hydrogen) atoms. The van der Waals surface area contributed by atoms with Gasteiger partial charge in [0.15, 0.2) is 6.61 Å². The lowest BCUT2D eigenvalue weighted by molar-refractivity contribution is -0.137. The molecule has 0 bridgehead atoms. The Morgan fingerprint density at radius 2 is 1.74 bits per heavy atom. The monoisotopic (exact) mass is 478 g/mol. The number of nitrogens with one attached hydrogen (secondary N) is 1. The van der Waals surface area contributed by atoms with Gasteiger partial charge in [-0.2, -0.15) is 5.10 Å². The van der Waals surface area contributed by atoms with Crippen LogP contribution in [0.15, 0.2) is 60.7 Å². The number of hydrogen-bond acceptors (Lipinski definition) is 5. The Morgan fingerprint density at radius 3 is 2.37 bits per heavy atom. The van der Waals surface area contributed by atoms with E-state index in [9.17, 15) is 9.59 Å². The van der Waals surface area contributed by atoms with Crippen molar-refractivity contribution in [3.63, 3.8) is 0 Å². The van der Waals surface area contributed by atoms with Gasteiger partial charge in [0.2, 0.25) is 5.91 Å². The number of hydrogen-bond donors (Lipinski definition) is 1. The van der Waals surface area contributed by atoms with E-state index in [1.54, 1.807) is 23.9 Å². The van der Waals surface area contributed by atoms with Crippen LogP contribution in [0.4, 0.5) is 5.82 Å². The Bertz CT molecular complexity index is 1120. The first kappa shape index (κ1) is 26.0. The van der Waals surface area contributed by atoms with Crippen LogP contribution >= 0.6 is 0 Å². The summed E-state index contributed by atoms with van der Waals surface area (Å²) in [5.74, 6) is 0.503. The number of benzene rings is 2. The van der Waals surface area contributed by atoms with Gasteiger partial charge in [-0.05, 0) is 31.2 Å². The van der Waals surface area contributed by atoms with Gasteiger partial charge in [0.05, 0.1) is 18.0 Å². The summed E-state index contributed by atoms with van der Waals surface area (Å²) in [4.78, 5) is 27.3. The van der Waals surface area contributed by atoms with Crippen molar-refractivity contribution in [2.75, 3.05) is 38.7 Å². The molecule has 186 valence electrons. The average Bonchev–Trinajstić information content (AvgIpc) is 3.25. The van der Waals surface area contributed by atoms with Crippen LogP contribution in [0.3, 0.4) is 0 Å². The summed E-state index contributed by atoms with van der Waals surface area (Å²) in [7, 11) is 1.55. The number of carbonyl (C=O) groups is 2. The summed E-state index contributed by atoms with van der Waals surface area (Å²) in [6.45, 7) is 8.49. The van der Waals surface area contributed by atoms with Crippen molar-refractivity contribution in [1.29, 1.82) is 0 Å². The topological polar surface area (TPSA) is 85.7 Å². The molecule has 0 unspecified atom stereocenters. The maximum Gasteiger partial charge on any atom is 0.261 e. The van der Waals surface area contributed by atoms with Crippen LogP contribution in [0.2, 0.25) is 0 Å². The fraction of sp³-hybridized carbons (Fsp3) is 0.370. The Labute approximate surface area is 206 Å². The lowest BCUT2D eigenvalue weighted by Gasteiger charge is -2.22. The first-order chi connectivity index (χ1) is 16.7. The van der Waals surface area contributed by atoms with Crippen molar-refractivity contribution in [2.24, 2.45) is 0 Å². The van der Waals surface area contributed by atoms with E-state index in [0.717, 1.165) is 16.9 Å². The maximum atomic E-state index is 13.0. The zero-order chi connectivity index (χ0) is 25.4. The minimum absolute atomic E-state index is 0.135. The van der Waals surface area contributed by atoms with Crippen molar-refractivity contribution < 1.29 is 19.1 Å². The predicted molar refractivity (Wildman–Crippen MR) is 136 cm³/mol. The minimum Gasteiger partial charge on any atom is -0.484 e. The number of carbonyl (C=O) groups excluding carboxylic acids is 2. The van der Waals surface area contributed by atoms with Crippen molar-refractivity contribution in [1.82, 2.24) is 14.7 Å². The molecule has 0 saturated carbocycles. The summed E-state index contributed by atoms with van der Waals surface area (Å²) in [5.41, 5.74) is 2.61. The van der Waals surface area contributed by atoms with Crippen LogP contribution in [0.25, 0.3) is 5.69 Å². The number of aryl methyl sites for hydroxylation is 1. The second-order valence-electron chi connectivity index (χ2n) is 9.37. The van der Waals surface area contributed by atoms with E-state index < -0.39 is 0 Å². The summed E-state index contributed by atoms with van der Waals surface area (Å²) in [6.07, 6.45) is 0. The van der Waals surface area contributed by atoms with Crippen molar-refractivity contribution in [3.8, 4) is 11.4 Å². The zero-order valence-corrected chi connectivity index (χ0v) is 21.1. The SMILES string of the molecule is COCCN(CC(=O)Nc1cc(C(C)(C)C)nn1-c1ccc(C)cc1)C(=O)COc1ccccc1. The van der Waals surface area contributed by atoms with Gasteiger partial charge >= 0.3 is 0 Å². The lowest BCUT2D eigenvalue weighted by atomic mass is 9.92. The molecule has 0 aliphatic carbocycles. The molecule has 1 heterocycles. The van der Waals surface area contributed by atoms with Crippen LogP contribution in [0.1, 0.15) is 32.0 Å². The molecule has 1 N–H and O–H groups in total. The Hall–Kier alpha value is -3.65. The summed E-state index contributed by atoms with van der Waals surface area (Å²) in [6, 6.07) is 18.9. The van der Waals surface area contributed by atoms with Crippen molar-refractivity contribution in [2.45, 2.75) is 33.1 Å². The van der Waals surface area contributed by atoms with Crippen LogP contribution in [0.5, 0.6) is 5.75 Å². The van der Waals surface area contributed by atoms with Crippen LogP contribution in [-0.4, -0.2) is 59.9 Å². The Morgan fingerprint density at radius 1 is 1.06 bits per heavy atom. The number of ether oxygens (including phenoxy) is 2. The van der Waals surface area contributed by atoms with Crippen molar-refractivity contribution in [3.05, 3.63) is 71.9 Å². The smallest absolute Gasteiger partial charge is 0.261 e. The lowest BCUT2D eigenvalue weighted by Crippen LogP contribution is -2.42. The molecular weight excluding hydrogens is 444 g/mol. The molecule has 2 aromatic carbocycles. The van der Waals surface area contributed by atoms with Gasteiger partial charge in [-0.25, -0.2) is 4.68 Å². The molecule has 8 nitrogen and oxygen atoms in total. The molecule has 0 atom stereocenters. The molecule has 8 heteroatoms. The fourth-order valence-electron chi connectivity index (χ4n) is 3.32. The predicted octanol–water partition coefficient (Wildman–Crippen LogP) is 3.97. The molecule has 0 radical (unpaired) electrons. The number of methoxy groups -OCH3 is 1. The molecule has 2 amide bonds. The highest BCUT2D eigenvalue weighted by atomic mass is 16.5. The number of anilines is 1. The van der Waals surface area contributed by atoms with Gasteiger partial charge in [-0.1, -0.05) is 56.7 Å². The normalized spacial score (nSPS) is 11.2. The Kier molecular flexibility index (Phi) is 8.65. The quantitative estimate of drug-likeness (QED) is 0.477. The maximum absolute atomic E-state index is 13.0. The summed E-state index contributed by atoms with van der Waals surface area (Å²) in [5, 5.41) is 7.68. The molecule has 0 saturated heterocycles. The molecule has 0 aliphatic rings. The van der Waals surface area contributed by atoms with E-state index in [2.05, 4.69) is 26.1 Å². The van der Waals surface area contributed by atoms with Gasteiger partial charge in [-0.15, -0.1) is 0 Å². The largest absolute Gasteiger partial charge is 0.484 e. The molecule has 0 spiro atoms. The van der Waals surface area contributed by atoms with Gasteiger partial charge in [0, 0.05) is 25.1 Å². The third-order valence-electron chi connectivity index (χ3n) is 5.38. The third-order valence-corrected chi connectivity index (χ3v) is 5.38. The number of amides is 2. The molecule has 0 fully saturated rings. The number of nitrogens with zero attached hydrogens (tertiary/aromatic N) is 3. The highest BCUT2D eigenvalue weighted by Crippen LogP contribution is 2.26. The first-order valence-electron chi connectivity index (χ1n) is 11.6. The molecule has 0 aliphatic heterocycles. The molecule has 3 aromatic rings. The Balaban J connectivity index is 1.75. The van der Waals surface area contributed by atoms with E-state index in [1.807, 2.05) is 55.5 Å². The van der Waals surface area contributed by atoms with Crippen LogP contribution < -0.4 is 10.1 Å². The zero-order valence-electron chi connectivity index (χ0n) is 21.1. The highest BCUT2D eigenvalue weighted by molar-refractivity contribution is 5.94. The fourth-order valence-corrected chi connectivity index (χ4v) is 3.32. The van der Waals surface area contributed by atoms with Gasteiger partial charge in [-0.3, -0.25) is 9.59 Å². The standard InChI is InChI=1S/C27H34N4O4/c1-20-11-13-21(14-12-20)31-24(17-23(29-31)27(2,3)4)28-25(32)18-30(15-16-34-5)26(33)19-35-22-9-7-6-8-10-22/h6-14,17H,15-16,18-19H2,1-5H3,(H,28,32). The molecule has 1 aromatic heterocycles. The molecule has 3 rings (SSSR count). The van der Waals surface area contributed by atoms with Crippen LogP contribution in [-0.2, 0) is 19.7 Å². The van der Waals surface area contributed by atoms with Crippen molar-refractivity contribution >= 4 is 17.6 Å². The average molecular weight is 479 g/mol. The third kappa shape index (κ3) is 7.42. The van der Waals surface area contributed by atoms with Crippen LogP contribution in [0, 0.1) is 6.92 Å². The summed E-state index contributed by atoms with van der Waals surface area (Å²) >= 11 is 0. The van der Waals surface area contributed by atoms with E-state index >= 15 is 0 Å². The van der Waals surface area contributed by atoms with Gasteiger partial charge in [0.1, 0.15) is 18.1 Å². The highest BCUT2D eigenvalue weighted by Gasteiger charge is 2.23. The van der Waals surface area contributed by atoms with E-state index in [0.29, 0.717) is 18.2 Å². The number of para-hydroxylation sites is 1. The second-order valence-corrected chi connectivity index (χ2v) is 9.37. The van der Waals surface area contributed by atoms with E-state index in [4.69, 9.17) is 14.6 Å². The minimum atomic E-state index is -0.331. The first-order valence-corrected chi connectivity index (χ1v) is 11.6. The number of rotatable bonds is 10. The van der Waals surface area contributed by atoms with E-state index in [-0.39, 0.29) is 36.9 Å². The van der Waals surface area contributed by atoms with E-state index in [1.165, 1.54) is 4.90 Å². The van der Waals surface area contributed by atoms with Gasteiger partial charge < -0.3 is 19.7 Å². The summed E-state index contributed by atoms with van der Waals surface area (Å²) < 4.78 is 12.4.